The Kier molecular flexibility index (Phi) is 18.9. The number of phenols is 1. The van der Waals surface area contributed by atoms with E-state index >= 15 is 0 Å². The smallest absolute Gasteiger partial charge is 0.326 e. The van der Waals surface area contributed by atoms with E-state index in [1.807, 2.05) is 13.8 Å². The van der Waals surface area contributed by atoms with E-state index in [0.29, 0.717) is 32.2 Å². The van der Waals surface area contributed by atoms with Crippen molar-refractivity contribution < 1.29 is 39.0 Å². The molecule has 0 aromatic heterocycles. The van der Waals surface area contributed by atoms with Gasteiger partial charge in [0.05, 0.1) is 12.6 Å². The van der Waals surface area contributed by atoms with Crippen molar-refractivity contribution in [1.29, 1.82) is 0 Å². The number of carboxylic acids is 1. The highest BCUT2D eigenvalue weighted by molar-refractivity contribution is 5.96. The van der Waals surface area contributed by atoms with E-state index in [2.05, 4.69) is 26.6 Å². The van der Waals surface area contributed by atoms with Gasteiger partial charge in [-0.05, 0) is 67.7 Å². The number of hydrogen-bond donors (Lipinski definition) is 9. The number of benzene rings is 1. The molecule has 11 N–H and O–H groups in total. The summed E-state index contributed by atoms with van der Waals surface area (Å²) in [6.45, 7) is 10.4. The normalized spacial score (nSPS) is 15.4. The highest BCUT2D eigenvalue weighted by Crippen LogP contribution is 2.15. The van der Waals surface area contributed by atoms with E-state index in [-0.39, 0.29) is 36.3 Å². The number of carbonyl (C=O) groups is 6. The van der Waals surface area contributed by atoms with Crippen LogP contribution in [0.3, 0.4) is 0 Å². The fourth-order valence-corrected chi connectivity index (χ4v) is 4.94. The lowest BCUT2D eigenvalue weighted by molar-refractivity contribution is -0.143. The molecule has 0 radical (unpaired) electrons. The summed E-state index contributed by atoms with van der Waals surface area (Å²) in [4.78, 5) is 77.5. The van der Waals surface area contributed by atoms with Crippen molar-refractivity contribution in [2.45, 2.75) is 110 Å². The summed E-state index contributed by atoms with van der Waals surface area (Å²) in [5.41, 5.74) is 12.5. The van der Waals surface area contributed by atoms with Crippen LogP contribution < -0.4 is 38.1 Å². The highest BCUT2D eigenvalue weighted by atomic mass is 16.4. The van der Waals surface area contributed by atoms with Crippen molar-refractivity contribution >= 4 is 35.5 Å². The maximum absolute atomic E-state index is 13.7. The first-order valence-electron chi connectivity index (χ1n) is 17.0. The Morgan fingerprint density at radius 1 is 0.735 bits per heavy atom. The van der Waals surface area contributed by atoms with Gasteiger partial charge in [-0.25, -0.2) is 4.79 Å². The molecule has 0 bridgehead atoms. The maximum atomic E-state index is 13.7. The Morgan fingerprint density at radius 3 is 1.76 bits per heavy atom. The Labute approximate surface area is 289 Å². The predicted molar refractivity (Wildman–Crippen MR) is 185 cm³/mol. The van der Waals surface area contributed by atoms with E-state index in [1.54, 1.807) is 39.8 Å². The number of aromatic hydroxyl groups is 1. The van der Waals surface area contributed by atoms with Crippen LogP contribution in [0.2, 0.25) is 0 Å². The Morgan fingerprint density at radius 2 is 1.27 bits per heavy atom. The molecule has 0 heterocycles. The third-order valence-corrected chi connectivity index (χ3v) is 8.57. The zero-order valence-corrected chi connectivity index (χ0v) is 29.6. The van der Waals surface area contributed by atoms with Gasteiger partial charge in [0.15, 0.2) is 0 Å². The van der Waals surface area contributed by atoms with Gasteiger partial charge in [-0.1, -0.05) is 66.5 Å². The van der Waals surface area contributed by atoms with E-state index in [1.165, 1.54) is 12.1 Å². The van der Waals surface area contributed by atoms with Crippen molar-refractivity contribution in [3.63, 3.8) is 0 Å². The van der Waals surface area contributed by atoms with Crippen LogP contribution in [0.5, 0.6) is 5.75 Å². The SMILES string of the molecule is CC[C@H](C)[C@H](NC(=O)[C@@H](NC(=O)[C@@H](N)Cc1ccc(O)cc1)[C@@H](C)CC)C(=O)N[C@@H](CCCCN)C(=O)NCC(=O)N[C@H](C(=O)O)C(C)C. The van der Waals surface area contributed by atoms with Gasteiger partial charge in [0.1, 0.15) is 29.9 Å². The van der Waals surface area contributed by atoms with Crippen molar-refractivity contribution in [2.24, 2.45) is 29.2 Å². The second kappa shape index (κ2) is 21.7. The lowest BCUT2D eigenvalue weighted by Crippen LogP contribution is -2.60. The molecule has 15 heteroatoms. The molecule has 15 nitrogen and oxygen atoms in total. The Hall–Kier alpha value is -4.24. The summed E-state index contributed by atoms with van der Waals surface area (Å²) in [5, 5.41) is 31.9. The number of unbranched alkanes of at least 4 members (excludes halogenated alkanes) is 1. The maximum Gasteiger partial charge on any atom is 0.326 e. The van der Waals surface area contributed by atoms with Gasteiger partial charge >= 0.3 is 5.97 Å². The number of amides is 5. The monoisotopic (exact) mass is 691 g/mol. The number of carboxylic acid groups (broad SMARTS) is 1. The first-order valence-corrected chi connectivity index (χ1v) is 17.0. The molecule has 1 aromatic carbocycles. The predicted octanol–water partition coefficient (Wildman–Crippen LogP) is 0.279. The third kappa shape index (κ3) is 14.8. The molecule has 1 aromatic rings. The molecule has 0 aliphatic rings. The number of nitrogens with one attached hydrogen (secondary N) is 5. The van der Waals surface area contributed by atoms with Crippen molar-refractivity contribution in [3.8, 4) is 5.75 Å². The molecular weight excluding hydrogens is 634 g/mol. The summed E-state index contributed by atoms with van der Waals surface area (Å²) in [6, 6.07) is 1.02. The minimum absolute atomic E-state index is 0.0814. The average Bonchev–Trinajstić information content (AvgIpc) is 3.06. The van der Waals surface area contributed by atoms with Crippen molar-refractivity contribution in [3.05, 3.63) is 29.8 Å². The molecule has 0 unspecified atom stereocenters. The molecule has 0 aliphatic carbocycles. The van der Waals surface area contributed by atoms with E-state index < -0.39 is 72.3 Å². The van der Waals surface area contributed by atoms with Gasteiger partial charge in [-0.2, -0.15) is 0 Å². The first-order chi connectivity index (χ1) is 23.1. The fourth-order valence-electron chi connectivity index (χ4n) is 4.94. The Bertz CT molecular complexity index is 1240. The van der Waals surface area contributed by atoms with Crippen molar-refractivity contribution in [1.82, 2.24) is 26.6 Å². The highest BCUT2D eigenvalue weighted by Gasteiger charge is 2.34. The minimum atomic E-state index is -1.20. The molecule has 0 saturated carbocycles. The van der Waals surface area contributed by atoms with Crippen LogP contribution in [0.15, 0.2) is 24.3 Å². The zero-order valence-electron chi connectivity index (χ0n) is 29.6. The molecule has 5 amide bonds. The van der Waals surface area contributed by atoms with E-state index in [9.17, 15) is 39.0 Å². The largest absolute Gasteiger partial charge is 0.508 e. The van der Waals surface area contributed by atoms with E-state index in [4.69, 9.17) is 11.5 Å². The summed E-state index contributed by atoms with van der Waals surface area (Å²) >= 11 is 0. The summed E-state index contributed by atoms with van der Waals surface area (Å²) in [7, 11) is 0. The zero-order chi connectivity index (χ0) is 37.3. The third-order valence-electron chi connectivity index (χ3n) is 8.57. The number of aliphatic carboxylic acids is 1. The van der Waals surface area contributed by atoms with Gasteiger partial charge in [-0.15, -0.1) is 0 Å². The molecule has 276 valence electrons. The molecule has 0 spiro atoms. The first kappa shape index (κ1) is 42.8. The van der Waals surface area contributed by atoms with Gasteiger partial charge < -0.3 is 48.3 Å². The molecule has 7 atom stereocenters. The lowest BCUT2D eigenvalue weighted by atomic mass is 9.94. The van der Waals surface area contributed by atoms with Gasteiger partial charge in [0, 0.05) is 0 Å². The molecule has 49 heavy (non-hydrogen) atoms. The van der Waals surface area contributed by atoms with Gasteiger partial charge in [0.25, 0.3) is 0 Å². The Balaban J connectivity index is 3.08. The van der Waals surface area contributed by atoms with Crippen molar-refractivity contribution in [2.75, 3.05) is 13.1 Å². The molecule has 0 fully saturated rings. The second-order valence-electron chi connectivity index (χ2n) is 12.9. The van der Waals surface area contributed by atoms with Crippen LogP contribution in [0.4, 0.5) is 0 Å². The molecular formula is C34H57N7O8. The van der Waals surface area contributed by atoms with E-state index in [0.717, 1.165) is 5.56 Å². The summed E-state index contributed by atoms with van der Waals surface area (Å²) in [6.07, 6.45) is 2.47. The summed E-state index contributed by atoms with van der Waals surface area (Å²) in [5.74, 6) is -5.30. The minimum Gasteiger partial charge on any atom is -0.508 e. The molecule has 0 aliphatic heterocycles. The number of phenolic OH excluding ortho intramolecular Hbond substituents is 1. The quantitative estimate of drug-likeness (QED) is 0.0751. The molecule has 0 saturated heterocycles. The van der Waals surface area contributed by atoms with Crippen LogP contribution in [0.25, 0.3) is 0 Å². The molecule has 1 rings (SSSR count). The number of nitrogens with two attached hydrogens (primary N) is 2. The summed E-state index contributed by atoms with van der Waals surface area (Å²) < 4.78 is 0. The van der Waals surface area contributed by atoms with Crippen LogP contribution in [-0.4, -0.2) is 89.0 Å². The standard InChI is InChI=1S/C34H57N7O8/c1-7-20(5)28(41-33(47)29(21(6)8-2)40-30(44)24(36)17-22-12-14-23(42)15-13-22)32(46)38-25(11-9-10-16-35)31(45)37-18-26(43)39-27(19(3)4)34(48)49/h12-15,19-21,24-25,27-29,42H,7-11,16-18,35-36H2,1-6H3,(H,37,45)(H,38,46)(H,39,43)(H,40,44)(H,41,47)(H,48,49)/t20-,21-,24-,25-,27-,28-,29-/m0/s1. The number of carbonyl (C=O) groups excluding carboxylic acids is 5. The van der Waals surface area contributed by atoms with Crippen LogP contribution in [0.1, 0.15) is 79.2 Å². The second-order valence-corrected chi connectivity index (χ2v) is 12.9. The van der Waals surface area contributed by atoms with Crippen LogP contribution in [-0.2, 0) is 35.2 Å². The van der Waals surface area contributed by atoms with Gasteiger partial charge in [-0.3, -0.25) is 24.0 Å². The topological polar surface area (TPSA) is 255 Å². The fraction of sp³-hybridized carbons (Fsp3) is 0.647. The lowest BCUT2D eigenvalue weighted by Gasteiger charge is -2.30. The average molecular weight is 692 g/mol. The van der Waals surface area contributed by atoms with Crippen LogP contribution >= 0.6 is 0 Å². The van der Waals surface area contributed by atoms with Gasteiger partial charge in [0.2, 0.25) is 29.5 Å². The number of hydrogen-bond acceptors (Lipinski definition) is 9. The number of rotatable bonds is 22. The van der Waals surface area contributed by atoms with Crippen LogP contribution in [0, 0.1) is 17.8 Å².